The van der Waals surface area contributed by atoms with Gasteiger partial charge in [-0.3, -0.25) is 0 Å². The van der Waals surface area contributed by atoms with Gasteiger partial charge in [-0.2, -0.15) is 4.37 Å². The van der Waals surface area contributed by atoms with Crippen molar-refractivity contribution < 1.29 is 9.47 Å². The zero-order valence-corrected chi connectivity index (χ0v) is 12.9. The predicted molar refractivity (Wildman–Crippen MR) is 75.6 cm³/mol. The number of thioether (sulfide) groups is 1. The molecule has 1 aromatic heterocycles. The van der Waals surface area contributed by atoms with Gasteiger partial charge in [-0.25, -0.2) is 4.98 Å². The number of ether oxygens (including phenoxy) is 2. The molecule has 5 nitrogen and oxygen atoms in total. The van der Waals surface area contributed by atoms with Crippen molar-refractivity contribution in [1.82, 2.24) is 14.7 Å². The Morgan fingerprint density at radius 2 is 2.21 bits per heavy atom. The number of nitrogens with zero attached hydrogens (tertiary/aromatic N) is 2. The summed E-state index contributed by atoms with van der Waals surface area (Å²) in [5.41, 5.74) is 0. The maximum atomic E-state index is 5.85. The molecule has 2 atom stereocenters. The van der Waals surface area contributed by atoms with Crippen LogP contribution in [0.5, 0.6) is 0 Å². The smallest absolute Gasteiger partial charge is 0.170 e. The van der Waals surface area contributed by atoms with Gasteiger partial charge in [-0.1, -0.05) is 11.8 Å². The summed E-state index contributed by atoms with van der Waals surface area (Å²) in [6.07, 6.45) is 2.97. The summed E-state index contributed by atoms with van der Waals surface area (Å²) in [5, 5.41) is 3.83. The van der Waals surface area contributed by atoms with Gasteiger partial charge in [0.15, 0.2) is 10.1 Å². The van der Waals surface area contributed by atoms with Gasteiger partial charge in [0.1, 0.15) is 5.82 Å². The molecule has 1 spiro atoms. The highest BCUT2D eigenvalue weighted by Crippen LogP contribution is 2.42. The van der Waals surface area contributed by atoms with E-state index in [2.05, 4.69) is 14.7 Å². The maximum absolute atomic E-state index is 5.85. The number of rotatable bonds is 3. The van der Waals surface area contributed by atoms with Crippen molar-refractivity contribution in [2.75, 3.05) is 20.3 Å². The fourth-order valence-corrected chi connectivity index (χ4v) is 5.08. The summed E-state index contributed by atoms with van der Waals surface area (Å²) in [7, 11) is 2.03. The summed E-state index contributed by atoms with van der Waals surface area (Å²) in [4.78, 5) is 4.45. The quantitative estimate of drug-likeness (QED) is 0.919. The zero-order chi connectivity index (χ0) is 13.3. The average molecular weight is 301 g/mol. The highest BCUT2D eigenvalue weighted by Gasteiger charge is 2.45. The normalized spacial score (nSPS) is 30.0. The summed E-state index contributed by atoms with van der Waals surface area (Å²) in [5.74, 6) is 0.512. The second-order valence-electron chi connectivity index (χ2n) is 5.01. The summed E-state index contributed by atoms with van der Waals surface area (Å²) in [6, 6.07) is 0.479. The topological polar surface area (TPSA) is 56.3 Å². The van der Waals surface area contributed by atoms with Gasteiger partial charge in [0.2, 0.25) is 0 Å². The number of aryl methyl sites for hydroxylation is 1. The molecule has 2 aliphatic rings. The molecule has 0 radical (unpaired) electrons. The van der Waals surface area contributed by atoms with E-state index in [4.69, 9.17) is 9.47 Å². The first-order valence-corrected chi connectivity index (χ1v) is 8.28. The molecule has 0 amide bonds. The Hall–Kier alpha value is -0.210. The lowest BCUT2D eigenvalue weighted by molar-refractivity contribution is -0.177. The summed E-state index contributed by atoms with van der Waals surface area (Å²) >= 11 is 3.28. The van der Waals surface area contributed by atoms with Crippen LogP contribution in [0, 0.1) is 6.92 Å². The Bertz CT molecular complexity index is 434. The molecule has 1 saturated carbocycles. The van der Waals surface area contributed by atoms with Gasteiger partial charge in [-0.05, 0) is 31.9 Å². The molecule has 106 valence electrons. The van der Waals surface area contributed by atoms with Crippen molar-refractivity contribution in [2.24, 2.45) is 0 Å². The Balaban J connectivity index is 1.71. The van der Waals surface area contributed by atoms with Crippen molar-refractivity contribution in [3.63, 3.8) is 0 Å². The molecule has 7 heteroatoms. The highest BCUT2D eigenvalue weighted by molar-refractivity contribution is 8.01. The molecular weight excluding hydrogens is 282 g/mol. The third-order valence-electron chi connectivity index (χ3n) is 3.74. The van der Waals surface area contributed by atoms with E-state index in [1.807, 2.05) is 14.0 Å². The van der Waals surface area contributed by atoms with Crippen LogP contribution >= 0.6 is 23.3 Å². The molecule has 0 aromatic carbocycles. The fraction of sp³-hybridized carbons (Fsp3) is 0.833. The van der Waals surface area contributed by atoms with Gasteiger partial charge >= 0.3 is 0 Å². The first kappa shape index (κ1) is 13.8. The number of aromatic nitrogens is 2. The van der Waals surface area contributed by atoms with Crippen molar-refractivity contribution in [3.8, 4) is 0 Å². The molecule has 1 aliphatic carbocycles. The molecule has 2 fully saturated rings. The van der Waals surface area contributed by atoms with E-state index in [9.17, 15) is 0 Å². The molecule has 2 heterocycles. The van der Waals surface area contributed by atoms with Crippen LogP contribution in [-0.4, -0.2) is 46.7 Å². The molecule has 1 aromatic rings. The van der Waals surface area contributed by atoms with Gasteiger partial charge in [0.25, 0.3) is 0 Å². The van der Waals surface area contributed by atoms with Crippen LogP contribution in [0.25, 0.3) is 0 Å². The zero-order valence-electron chi connectivity index (χ0n) is 11.2. The van der Waals surface area contributed by atoms with Crippen molar-refractivity contribution in [2.45, 2.75) is 47.6 Å². The Morgan fingerprint density at radius 1 is 1.42 bits per heavy atom. The van der Waals surface area contributed by atoms with Gasteiger partial charge in [0, 0.05) is 24.1 Å². The molecule has 1 saturated heterocycles. The lowest BCUT2D eigenvalue weighted by Crippen LogP contribution is -2.48. The average Bonchev–Trinajstić information content (AvgIpc) is 3.00. The fourth-order valence-electron chi connectivity index (χ4n) is 2.78. The van der Waals surface area contributed by atoms with Crippen molar-refractivity contribution in [1.29, 1.82) is 0 Å². The lowest BCUT2D eigenvalue weighted by Gasteiger charge is -2.40. The molecule has 3 rings (SSSR count). The second-order valence-corrected chi connectivity index (χ2v) is 7.25. The van der Waals surface area contributed by atoms with Crippen LogP contribution in [-0.2, 0) is 9.47 Å². The highest BCUT2D eigenvalue weighted by atomic mass is 32.2. The lowest BCUT2D eigenvalue weighted by atomic mass is 9.89. The third-order valence-corrected chi connectivity index (χ3v) is 5.95. The SMILES string of the molecule is CNC1CCC2(CC1Sc1nc(C)ns1)OCCO2. The molecule has 1 N–H and O–H groups in total. The Labute approximate surface area is 121 Å². The van der Waals surface area contributed by atoms with Gasteiger partial charge < -0.3 is 14.8 Å². The minimum Gasteiger partial charge on any atom is -0.347 e. The number of nitrogens with one attached hydrogen (secondary N) is 1. The van der Waals surface area contributed by atoms with Gasteiger partial charge in [-0.15, -0.1) is 0 Å². The number of hydrogen-bond donors (Lipinski definition) is 1. The first-order chi connectivity index (χ1) is 9.21. The predicted octanol–water partition coefficient (Wildman–Crippen LogP) is 1.82. The standard InChI is InChI=1S/C12H19N3O2S2/c1-8-14-11(19-15-8)18-10-7-12(16-5-6-17-12)4-3-9(10)13-2/h9-10,13H,3-7H2,1-2H3. The summed E-state index contributed by atoms with van der Waals surface area (Å²) in [6.45, 7) is 3.38. The van der Waals surface area contributed by atoms with E-state index in [1.165, 1.54) is 11.5 Å². The molecule has 1 aliphatic heterocycles. The van der Waals surface area contributed by atoms with Crippen molar-refractivity contribution >= 4 is 23.3 Å². The van der Waals surface area contributed by atoms with E-state index >= 15 is 0 Å². The van der Waals surface area contributed by atoms with Crippen LogP contribution in [0.4, 0.5) is 0 Å². The van der Waals surface area contributed by atoms with Gasteiger partial charge in [0.05, 0.1) is 13.2 Å². The van der Waals surface area contributed by atoms with Crippen LogP contribution < -0.4 is 5.32 Å². The minimum absolute atomic E-state index is 0.343. The van der Waals surface area contributed by atoms with E-state index in [0.717, 1.165) is 42.6 Å². The Morgan fingerprint density at radius 3 is 2.84 bits per heavy atom. The third kappa shape index (κ3) is 2.95. The second kappa shape index (κ2) is 5.65. The minimum atomic E-state index is -0.343. The molecule has 19 heavy (non-hydrogen) atoms. The first-order valence-electron chi connectivity index (χ1n) is 6.63. The van der Waals surface area contributed by atoms with E-state index in [-0.39, 0.29) is 5.79 Å². The van der Waals surface area contributed by atoms with E-state index in [0.29, 0.717) is 11.3 Å². The Kier molecular flexibility index (Phi) is 4.09. The van der Waals surface area contributed by atoms with Crippen molar-refractivity contribution in [3.05, 3.63) is 5.82 Å². The van der Waals surface area contributed by atoms with E-state index in [1.54, 1.807) is 11.8 Å². The molecule has 2 unspecified atom stereocenters. The molecule has 0 bridgehead atoms. The van der Waals surface area contributed by atoms with Crippen LogP contribution in [0.15, 0.2) is 4.34 Å². The van der Waals surface area contributed by atoms with Crippen LogP contribution in [0.2, 0.25) is 0 Å². The summed E-state index contributed by atoms with van der Waals surface area (Å²) < 4.78 is 17.0. The monoisotopic (exact) mass is 301 g/mol. The van der Waals surface area contributed by atoms with E-state index < -0.39 is 0 Å². The maximum Gasteiger partial charge on any atom is 0.170 e. The largest absolute Gasteiger partial charge is 0.347 e. The number of hydrogen-bond acceptors (Lipinski definition) is 7. The van der Waals surface area contributed by atoms with Crippen LogP contribution in [0.1, 0.15) is 25.1 Å². The molecular formula is C12H19N3O2S2. The van der Waals surface area contributed by atoms with Crippen LogP contribution in [0.3, 0.4) is 0 Å².